The fourth-order valence-electron chi connectivity index (χ4n) is 1.20. The van der Waals surface area contributed by atoms with Crippen molar-refractivity contribution in [2.24, 2.45) is 0 Å². The molecule has 1 atom stereocenters. The highest BCUT2D eigenvalue weighted by Gasteiger charge is 2.16. The van der Waals surface area contributed by atoms with Crippen LogP contribution in [0.3, 0.4) is 0 Å². The quantitative estimate of drug-likeness (QED) is 0.748. The van der Waals surface area contributed by atoms with E-state index in [0.29, 0.717) is 16.6 Å². The second-order valence-electron chi connectivity index (χ2n) is 3.43. The van der Waals surface area contributed by atoms with Crippen molar-refractivity contribution < 1.29 is 19.1 Å². The highest BCUT2D eigenvalue weighted by Crippen LogP contribution is 2.23. The number of aliphatic carboxylic acids is 1. The molecule has 0 bridgehead atoms. The van der Waals surface area contributed by atoms with E-state index < -0.39 is 12.0 Å². The summed E-state index contributed by atoms with van der Waals surface area (Å²) in [6.45, 7) is 0. The Morgan fingerprint density at radius 2 is 2.33 bits per heavy atom. The van der Waals surface area contributed by atoms with Crippen molar-refractivity contribution in [1.29, 1.82) is 0 Å². The summed E-state index contributed by atoms with van der Waals surface area (Å²) in [5.41, 5.74) is 0.872. The Morgan fingerprint density at radius 1 is 1.61 bits per heavy atom. The number of carbonyl (C=O) groups is 2. The van der Waals surface area contributed by atoms with Gasteiger partial charge in [0.15, 0.2) is 0 Å². The van der Waals surface area contributed by atoms with Crippen molar-refractivity contribution in [3.8, 4) is 0 Å². The molecule has 2 N–H and O–H groups in total. The average Bonchev–Trinajstić information content (AvgIpc) is 2.30. The van der Waals surface area contributed by atoms with Crippen LogP contribution in [0.2, 0.25) is 0 Å². The lowest BCUT2D eigenvalue weighted by atomic mass is 10.2. The number of nitrogens with one attached hydrogen (secondary N) is 1. The lowest BCUT2D eigenvalue weighted by Crippen LogP contribution is -2.37. The zero-order valence-electron chi connectivity index (χ0n) is 9.23. The number of carboxylic acids is 1. The van der Waals surface area contributed by atoms with Gasteiger partial charge in [0, 0.05) is 16.0 Å². The molecule has 0 aliphatic rings. The average molecular weight is 336 g/mol. The molecule has 4 nitrogen and oxygen atoms in total. The summed E-state index contributed by atoms with van der Waals surface area (Å²) in [5, 5.41) is 11.0. The van der Waals surface area contributed by atoms with Gasteiger partial charge >= 0.3 is 5.97 Å². The van der Waals surface area contributed by atoms with E-state index in [4.69, 9.17) is 5.11 Å². The van der Waals surface area contributed by atoms with Crippen molar-refractivity contribution in [2.45, 2.75) is 11.8 Å². The summed E-state index contributed by atoms with van der Waals surface area (Å²) in [4.78, 5) is 21.0. The van der Waals surface area contributed by atoms with Crippen molar-refractivity contribution in [3.63, 3.8) is 0 Å². The predicted octanol–water partition coefficient (Wildman–Crippen LogP) is 2.02. The van der Waals surface area contributed by atoms with Crippen LogP contribution in [0.1, 0.15) is 5.56 Å². The lowest BCUT2D eigenvalue weighted by Gasteiger charge is -2.11. The fourth-order valence-corrected chi connectivity index (χ4v) is 2.94. The molecule has 0 spiro atoms. The summed E-state index contributed by atoms with van der Waals surface area (Å²) in [6.07, 6.45) is 0.368. The Morgan fingerprint density at radius 3 is 2.89 bits per heavy atom. The Labute approximate surface area is 116 Å². The minimum atomic E-state index is -1.08. The molecule has 1 aromatic carbocycles. The Kier molecular flexibility index (Phi) is 6.14. The van der Waals surface area contributed by atoms with Crippen LogP contribution < -0.4 is 5.32 Å². The molecule has 1 amide bonds. The van der Waals surface area contributed by atoms with Crippen LogP contribution in [-0.4, -0.2) is 29.3 Å². The van der Waals surface area contributed by atoms with E-state index in [1.165, 1.54) is 23.9 Å². The van der Waals surface area contributed by atoms with Crippen molar-refractivity contribution in [3.05, 3.63) is 34.1 Å². The van der Waals surface area contributed by atoms with Gasteiger partial charge in [-0.2, -0.15) is 11.8 Å². The molecule has 0 aliphatic heterocycles. The zero-order valence-corrected chi connectivity index (χ0v) is 11.6. The minimum absolute atomic E-state index is 0.248. The van der Waals surface area contributed by atoms with Gasteiger partial charge in [-0.05, 0) is 17.7 Å². The van der Waals surface area contributed by atoms with E-state index in [-0.39, 0.29) is 11.6 Å². The first-order valence-corrected chi connectivity index (χ1v) is 6.93. The largest absolute Gasteiger partial charge is 0.480 e. The SMILES string of the molecule is O=CNC(CSCc1ccc(F)cc1Br)C(=O)O. The molecular formula is C11H11BrFNO3S. The molecule has 0 aromatic heterocycles. The standard InChI is InChI=1S/C11H11BrFNO3S/c12-9-3-8(13)2-1-7(9)4-18-5-10(11(16)17)14-6-15/h1-3,6,10H,4-5H2,(H,14,15)(H,16,17). The number of carboxylic acid groups (broad SMARTS) is 1. The highest BCUT2D eigenvalue weighted by molar-refractivity contribution is 9.10. The van der Waals surface area contributed by atoms with Crippen molar-refractivity contribution >= 4 is 40.1 Å². The van der Waals surface area contributed by atoms with Gasteiger partial charge in [0.2, 0.25) is 6.41 Å². The van der Waals surface area contributed by atoms with Crippen LogP contribution in [0, 0.1) is 5.82 Å². The number of hydrogen-bond donors (Lipinski definition) is 2. The monoisotopic (exact) mass is 335 g/mol. The van der Waals surface area contributed by atoms with Crippen LogP contribution >= 0.6 is 27.7 Å². The zero-order chi connectivity index (χ0) is 13.5. The molecule has 1 aromatic rings. The normalized spacial score (nSPS) is 11.9. The number of hydrogen-bond acceptors (Lipinski definition) is 3. The van der Waals surface area contributed by atoms with Crippen molar-refractivity contribution in [1.82, 2.24) is 5.32 Å². The Hall–Kier alpha value is -1.08. The molecule has 0 heterocycles. The van der Waals surface area contributed by atoms with Crippen LogP contribution in [0.4, 0.5) is 4.39 Å². The first-order valence-electron chi connectivity index (χ1n) is 4.98. The van der Waals surface area contributed by atoms with Gasteiger partial charge in [-0.1, -0.05) is 22.0 Å². The molecular weight excluding hydrogens is 325 g/mol. The molecule has 0 aliphatic carbocycles. The third-order valence-electron chi connectivity index (χ3n) is 2.12. The van der Waals surface area contributed by atoms with Gasteiger partial charge in [0.05, 0.1) is 0 Å². The van der Waals surface area contributed by atoms with Gasteiger partial charge < -0.3 is 10.4 Å². The smallest absolute Gasteiger partial charge is 0.327 e. The van der Waals surface area contributed by atoms with Crippen LogP contribution in [-0.2, 0) is 15.3 Å². The molecule has 1 unspecified atom stereocenters. The van der Waals surface area contributed by atoms with Gasteiger partial charge in [-0.15, -0.1) is 0 Å². The van der Waals surface area contributed by atoms with Crippen LogP contribution in [0.5, 0.6) is 0 Å². The van der Waals surface area contributed by atoms with Gasteiger partial charge in [0.1, 0.15) is 11.9 Å². The first kappa shape index (κ1) is 15.0. The topological polar surface area (TPSA) is 66.4 Å². The number of carbonyl (C=O) groups excluding carboxylic acids is 1. The molecule has 7 heteroatoms. The molecule has 0 radical (unpaired) electrons. The summed E-state index contributed by atoms with van der Waals surface area (Å²) in [7, 11) is 0. The number of benzene rings is 1. The number of amides is 1. The first-order chi connectivity index (χ1) is 8.54. The molecule has 0 saturated carbocycles. The Balaban J connectivity index is 2.49. The van der Waals surface area contributed by atoms with E-state index in [2.05, 4.69) is 21.2 Å². The predicted molar refractivity (Wildman–Crippen MR) is 70.9 cm³/mol. The second-order valence-corrected chi connectivity index (χ2v) is 5.31. The number of halogens is 2. The summed E-state index contributed by atoms with van der Waals surface area (Å²) >= 11 is 4.58. The lowest BCUT2D eigenvalue weighted by molar-refractivity contribution is -0.139. The fraction of sp³-hybridized carbons (Fsp3) is 0.273. The van der Waals surface area contributed by atoms with E-state index in [1.54, 1.807) is 6.07 Å². The Bertz CT molecular complexity index is 444. The van der Waals surface area contributed by atoms with E-state index in [1.807, 2.05) is 0 Å². The van der Waals surface area contributed by atoms with E-state index in [9.17, 15) is 14.0 Å². The van der Waals surface area contributed by atoms with Crippen molar-refractivity contribution in [2.75, 3.05) is 5.75 Å². The molecule has 0 fully saturated rings. The minimum Gasteiger partial charge on any atom is -0.480 e. The second kappa shape index (κ2) is 7.38. The maximum atomic E-state index is 12.8. The maximum Gasteiger partial charge on any atom is 0.327 e. The van der Waals surface area contributed by atoms with Crippen LogP contribution in [0.25, 0.3) is 0 Å². The number of thioether (sulfide) groups is 1. The molecule has 98 valence electrons. The summed E-state index contributed by atoms with van der Waals surface area (Å²) in [5.74, 6) is -0.627. The van der Waals surface area contributed by atoms with E-state index in [0.717, 1.165) is 5.56 Å². The van der Waals surface area contributed by atoms with Crippen LogP contribution in [0.15, 0.2) is 22.7 Å². The molecule has 1 rings (SSSR count). The highest BCUT2D eigenvalue weighted by atomic mass is 79.9. The third kappa shape index (κ3) is 4.66. The summed E-state index contributed by atoms with van der Waals surface area (Å²) < 4.78 is 13.5. The third-order valence-corrected chi connectivity index (χ3v) is 3.95. The van der Waals surface area contributed by atoms with E-state index >= 15 is 0 Å². The number of rotatable bonds is 7. The van der Waals surface area contributed by atoms with Gasteiger partial charge in [0.25, 0.3) is 0 Å². The van der Waals surface area contributed by atoms with Gasteiger partial charge in [-0.25, -0.2) is 9.18 Å². The maximum absolute atomic E-state index is 12.8. The molecule has 0 saturated heterocycles. The van der Waals surface area contributed by atoms with Gasteiger partial charge in [-0.3, -0.25) is 4.79 Å². The summed E-state index contributed by atoms with van der Waals surface area (Å²) in [6, 6.07) is 3.43. The molecule has 18 heavy (non-hydrogen) atoms.